The second-order valence-electron chi connectivity index (χ2n) is 7.98. The molecule has 2 aromatic heterocycles. The lowest BCUT2D eigenvalue weighted by molar-refractivity contribution is 0.158. The summed E-state index contributed by atoms with van der Waals surface area (Å²) in [5.41, 5.74) is 3.42. The van der Waals surface area contributed by atoms with Gasteiger partial charge in [-0.1, -0.05) is 30.3 Å². The van der Waals surface area contributed by atoms with Crippen molar-refractivity contribution < 1.29 is 0 Å². The van der Waals surface area contributed by atoms with E-state index in [0.717, 1.165) is 35.9 Å². The lowest BCUT2D eigenvalue weighted by Crippen LogP contribution is -2.56. The third-order valence-electron chi connectivity index (χ3n) is 5.89. The summed E-state index contributed by atoms with van der Waals surface area (Å²) in [6.45, 7) is 14.2. The lowest BCUT2D eigenvalue weighted by atomic mass is 10.1. The van der Waals surface area contributed by atoms with Crippen molar-refractivity contribution in [2.24, 2.45) is 7.05 Å². The minimum absolute atomic E-state index is 0.0710. The van der Waals surface area contributed by atoms with Gasteiger partial charge in [-0.05, 0) is 43.7 Å². The van der Waals surface area contributed by atoms with Gasteiger partial charge in [0, 0.05) is 49.9 Å². The number of hydrogen-bond donors (Lipinski definition) is 0. The molecular formula is C23H24ClN5O. The van der Waals surface area contributed by atoms with E-state index in [1.165, 1.54) is 5.56 Å². The standard InChI is InChI=1S/C23H24ClN5O/c1-15-13-29(16(2)12-28(15)14-17-5-7-18(24)8-6-17)20-11-22(30)27(4)19-9-10-21(25-3)26-23(19)20/h5-11,15-16H,12-14H2,1-2,4H3/t15-,16+/m1/s1. The number of pyridine rings is 2. The molecule has 1 aromatic carbocycles. The summed E-state index contributed by atoms with van der Waals surface area (Å²) in [6, 6.07) is 13.6. The first-order valence-electron chi connectivity index (χ1n) is 10.0. The van der Waals surface area contributed by atoms with E-state index in [0.29, 0.717) is 17.4 Å². The maximum atomic E-state index is 12.6. The molecule has 0 spiro atoms. The third kappa shape index (κ3) is 3.79. The maximum absolute atomic E-state index is 12.6. The Morgan fingerprint density at radius 1 is 1.13 bits per heavy atom. The van der Waals surface area contributed by atoms with Gasteiger partial charge in [-0.15, -0.1) is 4.98 Å². The summed E-state index contributed by atoms with van der Waals surface area (Å²) in [5.74, 6) is 0.337. The van der Waals surface area contributed by atoms with E-state index in [1.54, 1.807) is 23.7 Å². The Morgan fingerprint density at radius 3 is 2.57 bits per heavy atom. The van der Waals surface area contributed by atoms with Gasteiger partial charge in [0.25, 0.3) is 11.4 Å². The zero-order valence-electron chi connectivity index (χ0n) is 17.3. The largest absolute Gasteiger partial charge is 0.362 e. The SMILES string of the molecule is [C-]#[N+]c1ccc2c(n1)c(N1C[C@@H](C)N(Cc3ccc(Cl)cc3)C[C@@H]1C)cc(=O)n2C. The highest BCUT2D eigenvalue weighted by atomic mass is 35.5. The highest BCUT2D eigenvalue weighted by molar-refractivity contribution is 6.30. The Bertz CT molecular complexity index is 1180. The minimum Gasteiger partial charge on any atom is -0.362 e. The Morgan fingerprint density at radius 2 is 1.87 bits per heavy atom. The van der Waals surface area contributed by atoms with Gasteiger partial charge in [-0.25, -0.2) is 0 Å². The average Bonchev–Trinajstić information content (AvgIpc) is 2.74. The molecule has 0 amide bonds. The zero-order chi connectivity index (χ0) is 21.4. The molecule has 3 heterocycles. The normalized spacial score (nSPS) is 19.8. The van der Waals surface area contributed by atoms with Gasteiger partial charge in [-0.3, -0.25) is 9.69 Å². The smallest absolute Gasteiger partial charge is 0.270 e. The molecule has 1 aliphatic heterocycles. The lowest BCUT2D eigenvalue weighted by Gasteiger charge is -2.45. The van der Waals surface area contributed by atoms with E-state index in [4.69, 9.17) is 18.2 Å². The highest BCUT2D eigenvalue weighted by Crippen LogP contribution is 2.30. The number of rotatable bonds is 3. The Hall–Kier alpha value is -2.88. The first-order valence-corrected chi connectivity index (χ1v) is 10.4. The van der Waals surface area contributed by atoms with Crippen molar-refractivity contribution in [1.82, 2.24) is 14.5 Å². The highest BCUT2D eigenvalue weighted by Gasteiger charge is 2.31. The molecule has 2 atom stereocenters. The number of benzene rings is 1. The molecule has 1 saturated heterocycles. The van der Waals surface area contributed by atoms with Crippen LogP contribution in [0.5, 0.6) is 0 Å². The van der Waals surface area contributed by atoms with Crippen LogP contribution in [0.15, 0.2) is 47.3 Å². The van der Waals surface area contributed by atoms with Crippen molar-refractivity contribution in [2.75, 3.05) is 18.0 Å². The number of anilines is 1. The molecule has 6 nitrogen and oxygen atoms in total. The fraction of sp³-hybridized carbons (Fsp3) is 0.348. The Balaban J connectivity index is 1.66. The Labute approximate surface area is 181 Å². The van der Waals surface area contributed by atoms with E-state index in [9.17, 15) is 4.79 Å². The summed E-state index contributed by atoms with van der Waals surface area (Å²) in [5, 5.41) is 0.744. The molecule has 1 fully saturated rings. The summed E-state index contributed by atoms with van der Waals surface area (Å²) in [6.07, 6.45) is 0. The zero-order valence-corrected chi connectivity index (χ0v) is 18.1. The van der Waals surface area contributed by atoms with Crippen LogP contribution < -0.4 is 10.5 Å². The summed E-state index contributed by atoms with van der Waals surface area (Å²) in [7, 11) is 1.74. The van der Waals surface area contributed by atoms with Crippen LogP contribution >= 0.6 is 11.6 Å². The third-order valence-corrected chi connectivity index (χ3v) is 6.14. The van der Waals surface area contributed by atoms with E-state index >= 15 is 0 Å². The van der Waals surface area contributed by atoms with Gasteiger partial charge in [-0.2, -0.15) is 0 Å². The molecule has 30 heavy (non-hydrogen) atoms. The van der Waals surface area contributed by atoms with Crippen molar-refractivity contribution in [3.63, 3.8) is 0 Å². The molecule has 0 aliphatic carbocycles. The predicted molar refractivity (Wildman–Crippen MR) is 121 cm³/mol. The molecule has 7 heteroatoms. The van der Waals surface area contributed by atoms with Crippen LogP contribution in [0.25, 0.3) is 15.9 Å². The molecule has 154 valence electrons. The number of aromatic nitrogens is 2. The van der Waals surface area contributed by atoms with Crippen LogP contribution in [0.4, 0.5) is 11.5 Å². The first kappa shape index (κ1) is 20.4. The molecule has 4 rings (SSSR count). The van der Waals surface area contributed by atoms with E-state index in [2.05, 4.69) is 45.6 Å². The van der Waals surface area contributed by atoms with Crippen molar-refractivity contribution in [3.8, 4) is 0 Å². The fourth-order valence-electron chi connectivity index (χ4n) is 4.16. The Kier molecular flexibility index (Phi) is 5.50. The van der Waals surface area contributed by atoms with Gasteiger partial charge in [0.15, 0.2) is 0 Å². The van der Waals surface area contributed by atoms with E-state index in [1.807, 2.05) is 18.2 Å². The van der Waals surface area contributed by atoms with Gasteiger partial charge in [0.05, 0.1) is 11.2 Å². The van der Waals surface area contributed by atoms with Crippen LogP contribution in [0.1, 0.15) is 19.4 Å². The van der Waals surface area contributed by atoms with Crippen LogP contribution in [0.2, 0.25) is 5.02 Å². The molecule has 0 unspecified atom stereocenters. The monoisotopic (exact) mass is 421 g/mol. The second-order valence-corrected chi connectivity index (χ2v) is 8.42. The van der Waals surface area contributed by atoms with Crippen molar-refractivity contribution in [2.45, 2.75) is 32.5 Å². The molecule has 1 aliphatic rings. The van der Waals surface area contributed by atoms with Gasteiger partial charge >= 0.3 is 0 Å². The van der Waals surface area contributed by atoms with Gasteiger partial charge < -0.3 is 14.3 Å². The summed E-state index contributed by atoms with van der Waals surface area (Å²) >= 11 is 6.01. The fourth-order valence-corrected chi connectivity index (χ4v) is 4.29. The molecule has 0 bridgehead atoms. The molecule has 0 N–H and O–H groups in total. The first-order chi connectivity index (χ1) is 14.4. The number of aryl methyl sites for hydroxylation is 1. The van der Waals surface area contributed by atoms with Crippen LogP contribution in [-0.4, -0.2) is 39.6 Å². The van der Waals surface area contributed by atoms with Crippen molar-refractivity contribution >= 4 is 34.1 Å². The van der Waals surface area contributed by atoms with E-state index in [-0.39, 0.29) is 11.6 Å². The number of fused-ring (bicyclic) bond motifs is 1. The molecule has 0 saturated carbocycles. The molecular weight excluding hydrogens is 398 g/mol. The maximum Gasteiger partial charge on any atom is 0.270 e. The number of nitrogens with zero attached hydrogens (tertiary/aromatic N) is 5. The minimum atomic E-state index is -0.0710. The summed E-state index contributed by atoms with van der Waals surface area (Å²) in [4.78, 5) is 25.3. The van der Waals surface area contributed by atoms with Crippen LogP contribution in [0, 0.1) is 6.57 Å². The van der Waals surface area contributed by atoms with Gasteiger partial charge in [0.2, 0.25) is 5.52 Å². The quantitative estimate of drug-likeness (QED) is 0.593. The van der Waals surface area contributed by atoms with Crippen molar-refractivity contribution in [3.05, 3.63) is 74.8 Å². The average molecular weight is 422 g/mol. The van der Waals surface area contributed by atoms with Crippen molar-refractivity contribution in [1.29, 1.82) is 0 Å². The number of piperazine rings is 1. The number of halogens is 1. The second kappa shape index (κ2) is 8.10. The van der Waals surface area contributed by atoms with Gasteiger partial charge in [0.1, 0.15) is 0 Å². The number of hydrogen-bond acceptors (Lipinski definition) is 4. The van der Waals surface area contributed by atoms with Crippen LogP contribution in [-0.2, 0) is 13.6 Å². The molecule has 3 aromatic rings. The molecule has 0 radical (unpaired) electrons. The van der Waals surface area contributed by atoms with E-state index < -0.39 is 0 Å². The topological polar surface area (TPSA) is 45.7 Å². The predicted octanol–water partition coefficient (Wildman–Crippen LogP) is 4.24. The van der Waals surface area contributed by atoms with Crippen LogP contribution in [0.3, 0.4) is 0 Å². The summed E-state index contributed by atoms with van der Waals surface area (Å²) < 4.78 is 1.59.